The van der Waals surface area contributed by atoms with E-state index in [1.807, 2.05) is 13.8 Å². The van der Waals surface area contributed by atoms with Gasteiger partial charge in [0.15, 0.2) is 0 Å². The number of nitrogens with zero attached hydrogens (tertiary/aromatic N) is 1. The molecule has 0 saturated heterocycles. The first-order chi connectivity index (χ1) is 9.40. The van der Waals surface area contributed by atoms with E-state index in [0.717, 1.165) is 18.4 Å². The normalized spacial score (nSPS) is 15.6. The zero-order valence-electron chi connectivity index (χ0n) is 12.2. The van der Waals surface area contributed by atoms with Gasteiger partial charge in [0.1, 0.15) is 10.6 Å². The summed E-state index contributed by atoms with van der Waals surface area (Å²) in [7, 11) is -2.09. The van der Waals surface area contributed by atoms with Crippen molar-refractivity contribution in [3.8, 4) is 5.75 Å². The van der Waals surface area contributed by atoms with Crippen LogP contribution in [0.5, 0.6) is 5.75 Å². The van der Waals surface area contributed by atoms with Crippen molar-refractivity contribution in [1.82, 2.24) is 4.31 Å². The number of rotatable bonds is 6. The predicted molar refractivity (Wildman–Crippen MR) is 79.3 cm³/mol. The summed E-state index contributed by atoms with van der Waals surface area (Å²) < 4.78 is 32.3. The molecule has 0 amide bonds. The maximum atomic E-state index is 12.8. The molecule has 1 aliphatic carbocycles. The Balaban J connectivity index is 2.43. The summed E-state index contributed by atoms with van der Waals surface area (Å²) in [6, 6.07) is 3.17. The summed E-state index contributed by atoms with van der Waals surface area (Å²) in [5, 5.41) is 0. The minimum atomic E-state index is -3.56. The van der Waals surface area contributed by atoms with Crippen LogP contribution in [0.3, 0.4) is 0 Å². The van der Waals surface area contributed by atoms with Gasteiger partial charge in [0.05, 0.1) is 7.11 Å². The van der Waals surface area contributed by atoms with Crippen LogP contribution in [-0.2, 0) is 10.0 Å². The minimum Gasteiger partial charge on any atom is -0.495 e. The van der Waals surface area contributed by atoms with Crippen molar-refractivity contribution in [3.05, 3.63) is 17.7 Å². The summed E-state index contributed by atoms with van der Waals surface area (Å²) in [5.41, 5.74) is 7.13. The zero-order valence-corrected chi connectivity index (χ0v) is 13.0. The number of nitrogens with two attached hydrogens (primary N) is 1. The molecule has 1 aromatic rings. The highest BCUT2D eigenvalue weighted by molar-refractivity contribution is 7.89. The highest BCUT2D eigenvalue weighted by Gasteiger charge is 2.32. The lowest BCUT2D eigenvalue weighted by Gasteiger charge is -2.22. The molecule has 1 fully saturated rings. The van der Waals surface area contributed by atoms with Crippen molar-refractivity contribution in [2.45, 2.75) is 31.6 Å². The van der Waals surface area contributed by atoms with Gasteiger partial charge in [0, 0.05) is 18.8 Å². The first-order valence-corrected chi connectivity index (χ1v) is 8.28. The maximum absolute atomic E-state index is 12.8. The van der Waals surface area contributed by atoms with Crippen LogP contribution in [0.1, 0.15) is 25.3 Å². The van der Waals surface area contributed by atoms with E-state index in [1.165, 1.54) is 17.5 Å². The van der Waals surface area contributed by atoms with Gasteiger partial charge in [0.2, 0.25) is 10.0 Å². The highest BCUT2D eigenvalue weighted by Crippen LogP contribution is 2.34. The number of hydrogen-bond donors (Lipinski definition) is 1. The number of anilines is 1. The molecule has 0 bridgehead atoms. The van der Waals surface area contributed by atoms with Gasteiger partial charge in [0.25, 0.3) is 0 Å². The summed E-state index contributed by atoms with van der Waals surface area (Å²) in [6.07, 6.45) is 2.22. The van der Waals surface area contributed by atoms with Crippen LogP contribution in [-0.4, -0.2) is 32.9 Å². The van der Waals surface area contributed by atoms with Crippen molar-refractivity contribution in [1.29, 1.82) is 0 Å². The Hall–Kier alpha value is -1.27. The van der Waals surface area contributed by atoms with E-state index in [9.17, 15) is 8.42 Å². The number of benzene rings is 1. The van der Waals surface area contributed by atoms with E-state index in [-0.39, 0.29) is 4.90 Å². The van der Waals surface area contributed by atoms with Crippen molar-refractivity contribution in [3.63, 3.8) is 0 Å². The Kier molecular flexibility index (Phi) is 4.25. The molecule has 0 unspecified atom stereocenters. The van der Waals surface area contributed by atoms with Crippen LogP contribution in [0.4, 0.5) is 5.69 Å². The molecule has 6 heteroatoms. The van der Waals surface area contributed by atoms with Crippen molar-refractivity contribution in [2.75, 3.05) is 25.9 Å². The largest absolute Gasteiger partial charge is 0.495 e. The summed E-state index contributed by atoms with van der Waals surface area (Å²) in [6.45, 7) is 4.71. The summed E-state index contributed by atoms with van der Waals surface area (Å²) in [5.74, 6) is 0.851. The van der Waals surface area contributed by atoms with Crippen LogP contribution in [0.15, 0.2) is 17.0 Å². The van der Waals surface area contributed by atoms with Crippen molar-refractivity contribution < 1.29 is 13.2 Å². The zero-order chi connectivity index (χ0) is 14.9. The van der Waals surface area contributed by atoms with Gasteiger partial charge >= 0.3 is 0 Å². The smallest absolute Gasteiger partial charge is 0.246 e. The van der Waals surface area contributed by atoms with Crippen LogP contribution in [0.2, 0.25) is 0 Å². The molecule has 0 aliphatic heterocycles. The summed E-state index contributed by atoms with van der Waals surface area (Å²) >= 11 is 0. The Morgan fingerprint density at radius 3 is 2.55 bits per heavy atom. The second-order valence-electron chi connectivity index (χ2n) is 5.26. The molecule has 1 aromatic carbocycles. The SMILES string of the molecule is CCN(CC1CC1)S(=O)(=O)c1cc(N)c(C)cc1OC. The lowest BCUT2D eigenvalue weighted by molar-refractivity contribution is 0.388. The van der Waals surface area contributed by atoms with E-state index in [2.05, 4.69) is 0 Å². The molecule has 1 aliphatic rings. The third-order valence-electron chi connectivity index (χ3n) is 3.68. The molecule has 112 valence electrons. The van der Waals surface area contributed by atoms with Gasteiger partial charge in [-0.1, -0.05) is 6.92 Å². The van der Waals surface area contributed by atoms with E-state index in [1.54, 1.807) is 6.07 Å². The fourth-order valence-corrected chi connectivity index (χ4v) is 3.86. The Morgan fingerprint density at radius 2 is 2.05 bits per heavy atom. The fraction of sp³-hybridized carbons (Fsp3) is 0.571. The first-order valence-electron chi connectivity index (χ1n) is 6.84. The van der Waals surface area contributed by atoms with E-state index in [0.29, 0.717) is 30.4 Å². The van der Waals surface area contributed by atoms with Gasteiger partial charge in [-0.15, -0.1) is 0 Å². The van der Waals surface area contributed by atoms with Crippen LogP contribution in [0, 0.1) is 12.8 Å². The van der Waals surface area contributed by atoms with E-state index < -0.39 is 10.0 Å². The number of methoxy groups -OCH3 is 1. The molecule has 2 rings (SSSR count). The standard InChI is InChI=1S/C14H22N2O3S/c1-4-16(9-11-5-6-11)20(17,18)14-8-12(15)10(2)7-13(14)19-3/h7-8,11H,4-6,9,15H2,1-3H3. The second kappa shape index (κ2) is 5.61. The number of hydrogen-bond acceptors (Lipinski definition) is 4. The van der Waals surface area contributed by atoms with Gasteiger partial charge < -0.3 is 10.5 Å². The number of ether oxygens (including phenoxy) is 1. The third kappa shape index (κ3) is 2.91. The molecule has 0 spiro atoms. The second-order valence-corrected chi connectivity index (χ2v) is 7.17. The molecule has 1 saturated carbocycles. The molecule has 5 nitrogen and oxygen atoms in total. The van der Waals surface area contributed by atoms with Crippen molar-refractivity contribution >= 4 is 15.7 Å². The number of sulfonamides is 1. The molecule has 0 heterocycles. The minimum absolute atomic E-state index is 0.158. The molecule has 0 atom stereocenters. The molecular formula is C14H22N2O3S. The Labute approximate surface area is 120 Å². The molecule has 2 N–H and O–H groups in total. The van der Waals surface area contributed by atoms with Crippen LogP contribution in [0.25, 0.3) is 0 Å². The predicted octanol–water partition coefficient (Wildman–Crippen LogP) is 2.01. The van der Waals surface area contributed by atoms with Gasteiger partial charge in [-0.05, 0) is 43.4 Å². The first kappa shape index (κ1) is 15.1. The maximum Gasteiger partial charge on any atom is 0.246 e. The molecule has 0 aromatic heterocycles. The Morgan fingerprint density at radius 1 is 1.40 bits per heavy atom. The highest BCUT2D eigenvalue weighted by atomic mass is 32.2. The van der Waals surface area contributed by atoms with Gasteiger partial charge in [-0.3, -0.25) is 0 Å². The van der Waals surface area contributed by atoms with E-state index in [4.69, 9.17) is 10.5 Å². The van der Waals surface area contributed by atoms with Crippen LogP contribution < -0.4 is 10.5 Å². The molecule has 20 heavy (non-hydrogen) atoms. The fourth-order valence-electron chi connectivity index (χ4n) is 2.16. The molecular weight excluding hydrogens is 276 g/mol. The quantitative estimate of drug-likeness (QED) is 0.815. The lowest BCUT2D eigenvalue weighted by Crippen LogP contribution is -2.33. The lowest BCUT2D eigenvalue weighted by atomic mass is 10.2. The molecule has 0 radical (unpaired) electrons. The summed E-state index contributed by atoms with van der Waals surface area (Å²) in [4.78, 5) is 0.158. The third-order valence-corrected chi connectivity index (χ3v) is 5.64. The average molecular weight is 298 g/mol. The van der Waals surface area contributed by atoms with Gasteiger partial charge in [-0.25, -0.2) is 8.42 Å². The van der Waals surface area contributed by atoms with E-state index >= 15 is 0 Å². The number of aryl methyl sites for hydroxylation is 1. The van der Waals surface area contributed by atoms with Gasteiger partial charge in [-0.2, -0.15) is 4.31 Å². The van der Waals surface area contributed by atoms with Crippen LogP contribution >= 0.6 is 0 Å². The number of nitrogen functional groups attached to an aromatic ring is 1. The topological polar surface area (TPSA) is 72.6 Å². The van der Waals surface area contributed by atoms with Crippen molar-refractivity contribution in [2.24, 2.45) is 5.92 Å². The Bertz CT molecular complexity index is 595. The monoisotopic (exact) mass is 298 g/mol. The average Bonchev–Trinajstić information content (AvgIpc) is 3.22.